The molecule has 4 nitrogen and oxygen atoms in total. The fourth-order valence-electron chi connectivity index (χ4n) is 2.67. The molecule has 0 aliphatic heterocycles. The van der Waals surface area contributed by atoms with Crippen molar-refractivity contribution in [1.29, 1.82) is 0 Å². The van der Waals surface area contributed by atoms with Crippen molar-refractivity contribution in [3.63, 3.8) is 0 Å². The fraction of sp³-hybridized carbons (Fsp3) is 0.812. The first-order valence-electron chi connectivity index (χ1n) is 7.90. The van der Waals surface area contributed by atoms with Crippen molar-refractivity contribution in [2.24, 2.45) is 5.92 Å². The molecule has 0 aromatic rings. The monoisotopic (exact) mass is 282 g/mol. The van der Waals surface area contributed by atoms with Crippen molar-refractivity contribution in [1.82, 2.24) is 0 Å². The highest BCUT2D eigenvalue weighted by molar-refractivity contribution is 6.38. The number of hydrogen-bond donors (Lipinski definition) is 0. The molecule has 0 saturated heterocycles. The number of rotatable bonds is 3. The van der Waals surface area contributed by atoms with Crippen molar-refractivity contribution in [3.8, 4) is 0 Å². The normalized spacial score (nSPS) is 22.4. The van der Waals surface area contributed by atoms with Crippen LogP contribution in [-0.4, -0.2) is 24.1 Å². The number of carbonyl (C=O) groups is 3. The van der Waals surface area contributed by atoms with Gasteiger partial charge in [0.25, 0.3) is 0 Å². The zero-order valence-electron chi connectivity index (χ0n) is 12.5. The van der Waals surface area contributed by atoms with Gasteiger partial charge in [0.05, 0.1) is 12.5 Å². The molecule has 20 heavy (non-hydrogen) atoms. The Kier molecular flexibility index (Phi) is 8.16. The molecule has 1 rings (SSSR count). The molecule has 0 N–H and O–H groups in total. The van der Waals surface area contributed by atoms with Crippen LogP contribution in [0.2, 0.25) is 0 Å². The van der Waals surface area contributed by atoms with Gasteiger partial charge >= 0.3 is 5.97 Å². The number of ketones is 2. The summed E-state index contributed by atoms with van der Waals surface area (Å²) in [6, 6.07) is 0. The van der Waals surface area contributed by atoms with E-state index in [0.29, 0.717) is 12.8 Å². The minimum atomic E-state index is -0.849. The Balaban J connectivity index is 2.63. The summed E-state index contributed by atoms with van der Waals surface area (Å²) in [5, 5.41) is 0. The van der Waals surface area contributed by atoms with Crippen molar-refractivity contribution >= 4 is 17.5 Å². The summed E-state index contributed by atoms with van der Waals surface area (Å²) in [5.74, 6) is -2.34. The second-order valence-electron chi connectivity index (χ2n) is 5.47. The fourth-order valence-corrected chi connectivity index (χ4v) is 2.67. The maximum Gasteiger partial charge on any atom is 0.375 e. The minimum Gasteiger partial charge on any atom is -0.460 e. The third-order valence-corrected chi connectivity index (χ3v) is 3.85. The molecule has 0 bridgehead atoms. The molecule has 0 spiro atoms. The molecule has 0 aromatic heterocycles. The Bertz CT molecular complexity index is 335. The summed E-state index contributed by atoms with van der Waals surface area (Å²) >= 11 is 0. The molecule has 0 heterocycles. The van der Waals surface area contributed by atoms with Crippen molar-refractivity contribution < 1.29 is 19.1 Å². The highest BCUT2D eigenvalue weighted by atomic mass is 16.5. The zero-order valence-corrected chi connectivity index (χ0v) is 12.5. The van der Waals surface area contributed by atoms with Gasteiger partial charge in [-0.3, -0.25) is 9.59 Å². The smallest absolute Gasteiger partial charge is 0.375 e. The van der Waals surface area contributed by atoms with Crippen LogP contribution in [0.5, 0.6) is 0 Å². The lowest BCUT2D eigenvalue weighted by Gasteiger charge is -2.15. The van der Waals surface area contributed by atoms with E-state index in [9.17, 15) is 14.4 Å². The van der Waals surface area contributed by atoms with Crippen molar-refractivity contribution in [2.75, 3.05) is 6.61 Å². The lowest BCUT2D eigenvalue weighted by atomic mass is 9.88. The summed E-state index contributed by atoms with van der Waals surface area (Å²) in [6.07, 6.45) is 9.40. The van der Waals surface area contributed by atoms with Gasteiger partial charge in [-0.15, -0.1) is 0 Å². The van der Waals surface area contributed by atoms with Gasteiger partial charge < -0.3 is 4.74 Å². The number of ether oxygens (including phenoxy) is 1. The first-order valence-corrected chi connectivity index (χ1v) is 7.90. The van der Waals surface area contributed by atoms with Crippen LogP contribution >= 0.6 is 0 Å². The molecule has 1 saturated carbocycles. The minimum absolute atomic E-state index is 0.0800. The van der Waals surface area contributed by atoms with Crippen LogP contribution in [0.25, 0.3) is 0 Å². The SMILES string of the molecule is CCOC(=O)C(=O)[C@H]1CCCCCCCCCCC1=O. The van der Waals surface area contributed by atoms with Crippen LogP contribution in [0, 0.1) is 5.92 Å². The van der Waals surface area contributed by atoms with Gasteiger partial charge in [0, 0.05) is 6.42 Å². The molecule has 1 fully saturated rings. The molecule has 114 valence electrons. The third kappa shape index (κ3) is 5.85. The molecule has 0 amide bonds. The van der Waals surface area contributed by atoms with E-state index >= 15 is 0 Å². The van der Waals surface area contributed by atoms with Gasteiger partial charge in [0.2, 0.25) is 5.78 Å². The van der Waals surface area contributed by atoms with Crippen LogP contribution in [0.15, 0.2) is 0 Å². The van der Waals surface area contributed by atoms with Gasteiger partial charge in [-0.2, -0.15) is 0 Å². The molecule has 1 aliphatic rings. The van der Waals surface area contributed by atoms with Crippen LogP contribution in [0.3, 0.4) is 0 Å². The predicted octanol–water partition coefficient (Wildman–Crippen LogP) is 3.22. The summed E-state index contributed by atoms with van der Waals surface area (Å²) < 4.78 is 4.74. The van der Waals surface area contributed by atoms with E-state index in [1.165, 1.54) is 12.8 Å². The third-order valence-electron chi connectivity index (χ3n) is 3.85. The second-order valence-corrected chi connectivity index (χ2v) is 5.47. The van der Waals surface area contributed by atoms with Gasteiger partial charge in [-0.05, 0) is 19.8 Å². The first-order chi connectivity index (χ1) is 9.66. The average Bonchev–Trinajstić information content (AvgIpc) is 2.42. The van der Waals surface area contributed by atoms with E-state index in [-0.39, 0.29) is 12.4 Å². The number of esters is 1. The largest absolute Gasteiger partial charge is 0.460 e. The van der Waals surface area contributed by atoms with Gasteiger partial charge in [-0.1, -0.05) is 44.9 Å². The molecule has 4 heteroatoms. The van der Waals surface area contributed by atoms with Crippen LogP contribution in [0.4, 0.5) is 0 Å². The molecule has 1 atom stereocenters. The summed E-state index contributed by atoms with van der Waals surface area (Å²) in [6.45, 7) is 1.83. The Morgan fingerprint density at radius 3 is 2.15 bits per heavy atom. The van der Waals surface area contributed by atoms with E-state index in [2.05, 4.69) is 0 Å². The lowest BCUT2D eigenvalue weighted by Crippen LogP contribution is -2.31. The number of Topliss-reactive ketones (excluding diaryl/α,β-unsaturated/α-hetero) is 2. The average molecular weight is 282 g/mol. The molecular weight excluding hydrogens is 256 g/mol. The summed E-state index contributed by atoms with van der Waals surface area (Å²) in [5.41, 5.74) is 0. The Morgan fingerprint density at radius 2 is 1.55 bits per heavy atom. The molecular formula is C16H26O4. The predicted molar refractivity (Wildman–Crippen MR) is 76.3 cm³/mol. The Morgan fingerprint density at radius 1 is 1.00 bits per heavy atom. The van der Waals surface area contributed by atoms with Gasteiger partial charge in [0.15, 0.2) is 0 Å². The Hall–Kier alpha value is -1.19. The maximum atomic E-state index is 12.2. The topological polar surface area (TPSA) is 60.4 Å². The number of carbonyl (C=O) groups excluding carboxylic acids is 3. The highest BCUT2D eigenvalue weighted by Crippen LogP contribution is 2.20. The number of hydrogen-bond acceptors (Lipinski definition) is 4. The zero-order chi connectivity index (χ0) is 14.8. The van der Waals surface area contributed by atoms with E-state index in [1.807, 2.05) is 0 Å². The second kappa shape index (κ2) is 9.67. The van der Waals surface area contributed by atoms with Crippen LogP contribution < -0.4 is 0 Å². The van der Waals surface area contributed by atoms with E-state index in [4.69, 9.17) is 4.74 Å². The maximum absolute atomic E-state index is 12.2. The van der Waals surface area contributed by atoms with Crippen LogP contribution in [-0.2, 0) is 19.1 Å². The molecule has 0 unspecified atom stereocenters. The molecule has 0 radical (unpaired) electrons. The molecule has 0 aromatic carbocycles. The van der Waals surface area contributed by atoms with E-state index in [1.54, 1.807) is 6.92 Å². The van der Waals surface area contributed by atoms with Crippen LogP contribution in [0.1, 0.15) is 71.1 Å². The summed E-state index contributed by atoms with van der Waals surface area (Å²) in [4.78, 5) is 35.7. The van der Waals surface area contributed by atoms with Gasteiger partial charge in [-0.25, -0.2) is 4.79 Å². The first kappa shape index (κ1) is 16.9. The van der Waals surface area contributed by atoms with Crippen molar-refractivity contribution in [2.45, 2.75) is 71.1 Å². The van der Waals surface area contributed by atoms with Crippen molar-refractivity contribution in [3.05, 3.63) is 0 Å². The lowest BCUT2D eigenvalue weighted by molar-refractivity contribution is -0.157. The highest BCUT2D eigenvalue weighted by Gasteiger charge is 2.31. The van der Waals surface area contributed by atoms with Gasteiger partial charge in [0.1, 0.15) is 5.78 Å². The standard InChI is InChI=1S/C16H26O4/c1-2-20-16(19)15(18)13-11-9-7-5-3-4-6-8-10-12-14(13)17/h13H,2-12H2,1H3/t13-/m0/s1. The van der Waals surface area contributed by atoms with E-state index < -0.39 is 17.7 Å². The molecule has 1 aliphatic carbocycles. The quantitative estimate of drug-likeness (QED) is 0.453. The Labute approximate surface area is 121 Å². The summed E-state index contributed by atoms with van der Waals surface area (Å²) in [7, 11) is 0. The van der Waals surface area contributed by atoms with E-state index in [0.717, 1.165) is 38.5 Å².